The average molecular weight is 404 g/mol. The minimum Gasteiger partial charge on any atom is -0.457 e. The molecule has 1 heterocycles. The van der Waals surface area contributed by atoms with Gasteiger partial charge in [-0.2, -0.15) is 4.90 Å². The molecule has 29 heavy (non-hydrogen) atoms. The van der Waals surface area contributed by atoms with Gasteiger partial charge in [-0.1, -0.05) is 0 Å². The summed E-state index contributed by atoms with van der Waals surface area (Å²) < 4.78 is 15.4. The number of carbonyl (C=O) groups is 2. The van der Waals surface area contributed by atoms with Crippen molar-refractivity contribution in [2.75, 3.05) is 30.5 Å². The predicted octanol–water partition coefficient (Wildman–Crippen LogP) is 3.94. The van der Waals surface area contributed by atoms with Gasteiger partial charge in [0.2, 0.25) is 0 Å². The summed E-state index contributed by atoms with van der Waals surface area (Å²) in [5.74, 6) is 0.299. The van der Waals surface area contributed by atoms with Crippen LogP contribution in [0.15, 0.2) is 36.5 Å². The highest BCUT2D eigenvalue weighted by atomic mass is 16.6. The van der Waals surface area contributed by atoms with Crippen molar-refractivity contribution in [3.05, 3.63) is 46.6 Å². The maximum absolute atomic E-state index is 12.2. The van der Waals surface area contributed by atoms with E-state index in [1.165, 1.54) is 36.5 Å². The molecule has 0 fully saturated rings. The zero-order chi connectivity index (χ0) is 21.4. The van der Waals surface area contributed by atoms with E-state index in [2.05, 4.69) is 10.3 Å². The number of nitro benzene ring substituents is 1. The molecule has 154 valence electrons. The van der Waals surface area contributed by atoms with Gasteiger partial charge in [-0.05, 0) is 32.0 Å². The van der Waals surface area contributed by atoms with Crippen molar-refractivity contribution < 1.29 is 28.7 Å². The average Bonchev–Trinajstić information content (AvgIpc) is 2.69. The van der Waals surface area contributed by atoms with Crippen LogP contribution in [0.25, 0.3) is 0 Å². The molecule has 11 heteroatoms. The van der Waals surface area contributed by atoms with Gasteiger partial charge in [0.05, 0.1) is 24.2 Å². The number of nitro groups is 1. The van der Waals surface area contributed by atoms with Crippen molar-refractivity contribution in [2.24, 2.45) is 0 Å². The van der Waals surface area contributed by atoms with E-state index in [9.17, 15) is 19.7 Å². The molecule has 1 aromatic carbocycles. The monoisotopic (exact) mass is 404 g/mol. The number of nitrogens with one attached hydrogen (secondary N) is 1. The normalized spacial score (nSPS) is 10.0. The molecule has 0 radical (unpaired) electrons. The summed E-state index contributed by atoms with van der Waals surface area (Å²) in [6.45, 7) is 3.28. The molecule has 0 bridgehead atoms. The Bertz CT molecular complexity index is 886. The van der Waals surface area contributed by atoms with E-state index in [0.717, 1.165) is 0 Å². The third-order valence-corrected chi connectivity index (χ3v) is 3.52. The van der Waals surface area contributed by atoms with E-state index >= 15 is 0 Å². The van der Waals surface area contributed by atoms with Crippen LogP contribution in [-0.4, -0.2) is 42.4 Å². The van der Waals surface area contributed by atoms with Crippen molar-refractivity contribution in [1.82, 2.24) is 4.98 Å². The molecule has 0 saturated heterocycles. The van der Waals surface area contributed by atoms with E-state index in [1.54, 1.807) is 20.9 Å². The molecule has 0 atom stereocenters. The summed E-state index contributed by atoms with van der Waals surface area (Å²) in [5, 5.41) is 13.9. The molecule has 2 aromatic rings. The fourth-order valence-corrected chi connectivity index (χ4v) is 2.30. The van der Waals surface area contributed by atoms with Gasteiger partial charge in [0.25, 0.3) is 5.69 Å². The van der Waals surface area contributed by atoms with Crippen molar-refractivity contribution in [3.8, 4) is 11.5 Å². The molecular formula is C18H20N4O7. The van der Waals surface area contributed by atoms with Crippen LogP contribution in [-0.2, 0) is 9.47 Å². The van der Waals surface area contributed by atoms with E-state index in [4.69, 9.17) is 14.2 Å². The second-order valence-corrected chi connectivity index (χ2v) is 5.37. The number of pyridine rings is 1. The van der Waals surface area contributed by atoms with Crippen molar-refractivity contribution in [3.63, 3.8) is 0 Å². The Morgan fingerprint density at radius 3 is 2.28 bits per heavy atom. The first-order chi connectivity index (χ1) is 13.9. The predicted molar refractivity (Wildman–Crippen MR) is 103 cm³/mol. The van der Waals surface area contributed by atoms with Gasteiger partial charge in [-0.25, -0.2) is 14.6 Å². The van der Waals surface area contributed by atoms with E-state index in [0.29, 0.717) is 10.6 Å². The Morgan fingerprint density at radius 2 is 1.72 bits per heavy atom. The summed E-state index contributed by atoms with van der Waals surface area (Å²) in [4.78, 5) is 39.6. The molecule has 0 spiro atoms. The zero-order valence-electron chi connectivity index (χ0n) is 16.1. The van der Waals surface area contributed by atoms with Crippen LogP contribution in [0.5, 0.6) is 11.5 Å². The number of rotatable bonds is 7. The quantitative estimate of drug-likeness (QED) is 0.538. The van der Waals surface area contributed by atoms with Crippen LogP contribution < -0.4 is 15.0 Å². The van der Waals surface area contributed by atoms with Gasteiger partial charge in [0, 0.05) is 19.3 Å². The minimum atomic E-state index is -0.954. The molecule has 1 N–H and O–H groups in total. The third kappa shape index (κ3) is 5.31. The number of ether oxygens (including phenoxy) is 3. The van der Waals surface area contributed by atoms with Crippen LogP contribution >= 0.6 is 0 Å². The fraction of sp³-hybridized carbons (Fsp3) is 0.278. The SMILES string of the molecule is CCOC(=O)N(C(=O)OCC)c1cc(Oc2ccc(NC)c([N+](=O)[O-])c2)ccn1. The summed E-state index contributed by atoms with van der Waals surface area (Å²) in [5.41, 5.74) is 0.160. The zero-order valence-corrected chi connectivity index (χ0v) is 16.1. The summed E-state index contributed by atoms with van der Waals surface area (Å²) in [6.07, 6.45) is -0.596. The second-order valence-electron chi connectivity index (χ2n) is 5.37. The topological polar surface area (TPSA) is 133 Å². The second kappa shape index (κ2) is 9.88. The summed E-state index contributed by atoms with van der Waals surface area (Å²) >= 11 is 0. The Morgan fingerprint density at radius 1 is 1.10 bits per heavy atom. The highest BCUT2D eigenvalue weighted by Crippen LogP contribution is 2.32. The summed E-state index contributed by atoms with van der Waals surface area (Å²) in [6, 6.07) is 7.06. The first-order valence-electron chi connectivity index (χ1n) is 8.65. The first kappa shape index (κ1) is 21.4. The van der Waals surface area contributed by atoms with Crippen LogP contribution in [0.3, 0.4) is 0 Å². The maximum Gasteiger partial charge on any atom is 0.425 e. The molecule has 11 nitrogen and oxygen atoms in total. The number of aromatic nitrogens is 1. The maximum atomic E-state index is 12.2. The van der Waals surface area contributed by atoms with Crippen LogP contribution in [0, 0.1) is 10.1 Å². The standard InChI is InChI=1S/C18H20N4O7/c1-4-27-17(23)21(18(24)28-5-2)16-11-13(8-9-20-16)29-12-6-7-14(19-3)15(10-12)22(25)26/h6-11,19H,4-5H2,1-3H3. The van der Waals surface area contributed by atoms with Gasteiger partial charge in [0.1, 0.15) is 17.2 Å². The van der Waals surface area contributed by atoms with Gasteiger partial charge in [-0.3, -0.25) is 10.1 Å². The Kier molecular flexibility index (Phi) is 7.29. The van der Waals surface area contributed by atoms with Gasteiger partial charge < -0.3 is 19.5 Å². The minimum absolute atomic E-state index is 0.0480. The van der Waals surface area contributed by atoms with E-state index in [-0.39, 0.29) is 36.2 Å². The van der Waals surface area contributed by atoms with Crippen LogP contribution in [0.4, 0.5) is 26.8 Å². The van der Waals surface area contributed by atoms with Crippen LogP contribution in [0.1, 0.15) is 13.8 Å². The third-order valence-electron chi connectivity index (χ3n) is 3.52. The van der Waals surface area contributed by atoms with Crippen molar-refractivity contribution in [2.45, 2.75) is 13.8 Å². The molecule has 2 amide bonds. The van der Waals surface area contributed by atoms with Crippen molar-refractivity contribution >= 4 is 29.4 Å². The van der Waals surface area contributed by atoms with Gasteiger partial charge in [-0.15, -0.1) is 0 Å². The number of nitrogens with zero attached hydrogens (tertiary/aromatic N) is 3. The van der Waals surface area contributed by atoms with E-state index < -0.39 is 17.1 Å². The Hall–Kier alpha value is -3.89. The lowest BCUT2D eigenvalue weighted by Crippen LogP contribution is -2.38. The molecule has 0 aliphatic heterocycles. The summed E-state index contributed by atoms with van der Waals surface area (Å²) in [7, 11) is 1.57. The number of hydrogen-bond acceptors (Lipinski definition) is 9. The molecule has 2 rings (SSSR count). The number of carbonyl (C=O) groups excluding carboxylic acids is 2. The molecule has 0 aliphatic carbocycles. The highest BCUT2D eigenvalue weighted by Gasteiger charge is 2.28. The smallest absolute Gasteiger partial charge is 0.425 e. The number of amides is 2. The van der Waals surface area contributed by atoms with Gasteiger partial charge in [0.15, 0.2) is 5.82 Å². The lowest BCUT2D eigenvalue weighted by Gasteiger charge is -2.18. The molecule has 1 aromatic heterocycles. The number of hydrogen-bond donors (Lipinski definition) is 1. The molecular weight excluding hydrogens is 384 g/mol. The molecule has 0 unspecified atom stereocenters. The highest BCUT2D eigenvalue weighted by molar-refractivity contribution is 6.08. The van der Waals surface area contributed by atoms with Gasteiger partial charge >= 0.3 is 12.2 Å². The van der Waals surface area contributed by atoms with Crippen molar-refractivity contribution in [1.29, 1.82) is 0 Å². The number of benzene rings is 1. The lowest BCUT2D eigenvalue weighted by atomic mass is 10.2. The lowest BCUT2D eigenvalue weighted by molar-refractivity contribution is -0.384. The molecule has 0 aliphatic rings. The largest absolute Gasteiger partial charge is 0.457 e. The number of imide groups is 1. The molecule has 0 saturated carbocycles. The Labute approximate surface area is 166 Å². The van der Waals surface area contributed by atoms with Crippen LogP contribution in [0.2, 0.25) is 0 Å². The van der Waals surface area contributed by atoms with E-state index in [1.807, 2.05) is 0 Å². The number of anilines is 2. The Balaban J connectivity index is 2.34. The first-order valence-corrected chi connectivity index (χ1v) is 8.65. The fourth-order valence-electron chi connectivity index (χ4n) is 2.30.